The molecule has 1 fully saturated rings. The minimum Gasteiger partial charge on any atom is -0.497 e. The van der Waals surface area contributed by atoms with Crippen molar-refractivity contribution in [2.45, 2.75) is 51.6 Å². The van der Waals surface area contributed by atoms with Crippen LogP contribution < -0.4 is 14.2 Å². The molecule has 1 aliphatic heterocycles. The molecule has 0 aromatic heterocycles. The van der Waals surface area contributed by atoms with Crippen molar-refractivity contribution in [3.05, 3.63) is 54.1 Å². The van der Waals surface area contributed by atoms with Gasteiger partial charge in [0.25, 0.3) is 0 Å². The van der Waals surface area contributed by atoms with Gasteiger partial charge >= 0.3 is 6.09 Å². The molecule has 0 spiro atoms. The van der Waals surface area contributed by atoms with Gasteiger partial charge in [0.1, 0.15) is 22.8 Å². The Morgan fingerprint density at radius 3 is 2.19 bits per heavy atom. The molecule has 0 N–H and O–H groups in total. The third kappa shape index (κ3) is 7.36. The summed E-state index contributed by atoms with van der Waals surface area (Å²) in [5.74, 6) is 2.90. The van der Waals surface area contributed by atoms with Crippen molar-refractivity contribution < 1.29 is 23.7 Å². The van der Waals surface area contributed by atoms with Gasteiger partial charge in [0.15, 0.2) is 0 Å². The first-order chi connectivity index (χ1) is 15.3. The molecule has 1 amide bonds. The molecule has 3 rings (SSSR count). The Labute approximate surface area is 191 Å². The van der Waals surface area contributed by atoms with Crippen molar-refractivity contribution in [2.75, 3.05) is 33.4 Å². The van der Waals surface area contributed by atoms with Crippen LogP contribution in [-0.2, 0) is 4.74 Å². The molecule has 0 bridgehead atoms. The summed E-state index contributed by atoms with van der Waals surface area (Å²) in [6.45, 7) is 8.33. The predicted octanol–water partition coefficient (Wildman–Crippen LogP) is 5.66. The second-order valence-electron chi connectivity index (χ2n) is 9.04. The van der Waals surface area contributed by atoms with Gasteiger partial charge in [0.2, 0.25) is 0 Å². The van der Waals surface area contributed by atoms with Gasteiger partial charge in [-0.3, -0.25) is 0 Å². The molecule has 0 saturated carbocycles. The van der Waals surface area contributed by atoms with E-state index in [1.807, 2.05) is 62.1 Å². The summed E-state index contributed by atoms with van der Waals surface area (Å²) in [6, 6.07) is 15.9. The zero-order chi connectivity index (χ0) is 23.0. The van der Waals surface area contributed by atoms with Gasteiger partial charge in [-0.2, -0.15) is 0 Å². The predicted molar refractivity (Wildman–Crippen MR) is 125 cm³/mol. The number of hydrogen-bond acceptors (Lipinski definition) is 5. The highest BCUT2D eigenvalue weighted by atomic mass is 16.6. The first-order valence-corrected chi connectivity index (χ1v) is 11.3. The fourth-order valence-corrected chi connectivity index (χ4v) is 3.69. The summed E-state index contributed by atoms with van der Waals surface area (Å²) in [5, 5.41) is 0. The molecular formula is C26H35NO5. The van der Waals surface area contributed by atoms with Crippen LogP contribution in [0.1, 0.15) is 51.5 Å². The van der Waals surface area contributed by atoms with Gasteiger partial charge < -0.3 is 23.8 Å². The van der Waals surface area contributed by atoms with E-state index in [1.165, 1.54) is 5.56 Å². The monoisotopic (exact) mass is 441 g/mol. The van der Waals surface area contributed by atoms with E-state index >= 15 is 0 Å². The molecule has 0 atom stereocenters. The minimum absolute atomic E-state index is 0.213. The number of likely N-dealkylation sites (tertiary alicyclic amines) is 1. The maximum atomic E-state index is 12.2. The number of carbonyl (C=O) groups excluding carboxylic acids is 1. The normalized spacial score (nSPS) is 14.7. The number of benzene rings is 2. The number of ether oxygens (including phenoxy) is 4. The second kappa shape index (κ2) is 11.1. The summed E-state index contributed by atoms with van der Waals surface area (Å²) < 4.78 is 22.3. The van der Waals surface area contributed by atoms with Crippen LogP contribution in [0.3, 0.4) is 0 Å². The Balaban J connectivity index is 1.36. The van der Waals surface area contributed by atoms with E-state index in [0.717, 1.165) is 49.6 Å². The number of nitrogens with zero attached hydrogens (tertiary/aromatic N) is 1. The van der Waals surface area contributed by atoms with Crippen LogP contribution in [0.15, 0.2) is 48.5 Å². The van der Waals surface area contributed by atoms with Crippen LogP contribution in [0.2, 0.25) is 0 Å². The van der Waals surface area contributed by atoms with Crippen molar-refractivity contribution in [3.8, 4) is 17.2 Å². The molecule has 32 heavy (non-hydrogen) atoms. The number of rotatable bonds is 8. The van der Waals surface area contributed by atoms with Crippen LogP contribution in [-0.4, -0.2) is 50.0 Å². The quantitative estimate of drug-likeness (QED) is 0.495. The lowest BCUT2D eigenvalue weighted by Crippen LogP contribution is -2.41. The average molecular weight is 442 g/mol. The minimum atomic E-state index is -0.453. The summed E-state index contributed by atoms with van der Waals surface area (Å²) in [5.41, 5.74) is 0.841. The van der Waals surface area contributed by atoms with Crippen molar-refractivity contribution in [3.63, 3.8) is 0 Å². The Bertz CT molecular complexity index is 851. The van der Waals surface area contributed by atoms with Crippen molar-refractivity contribution >= 4 is 6.09 Å². The van der Waals surface area contributed by atoms with Gasteiger partial charge in [-0.15, -0.1) is 0 Å². The van der Waals surface area contributed by atoms with Crippen LogP contribution in [0.25, 0.3) is 0 Å². The highest BCUT2D eigenvalue weighted by Gasteiger charge is 2.27. The largest absolute Gasteiger partial charge is 0.497 e. The zero-order valence-corrected chi connectivity index (χ0v) is 19.6. The zero-order valence-electron chi connectivity index (χ0n) is 19.6. The van der Waals surface area contributed by atoms with Gasteiger partial charge in [-0.25, -0.2) is 4.79 Å². The number of amides is 1. The Morgan fingerprint density at radius 2 is 1.56 bits per heavy atom. The van der Waals surface area contributed by atoms with E-state index in [2.05, 4.69) is 12.1 Å². The summed E-state index contributed by atoms with van der Waals surface area (Å²) in [4.78, 5) is 14.0. The second-order valence-corrected chi connectivity index (χ2v) is 9.04. The summed E-state index contributed by atoms with van der Waals surface area (Å²) in [6.07, 6.45) is 2.47. The Morgan fingerprint density at radius 1 is 0.938 bits per heavy atom. The van der Waals surface area contributed by atoms with Gasteiger partial charge in [-0.1, -0.05) is 18.2 Å². The number of methoxy groups -OCH3 is 1. The van der Waals surface area contributed by atoms with Crippen molar-refractivity contribution in [1.29, 1.82) is 0 Å². The molecule has 0 radical (unpaired) electrons. The molecule has 1 heterocycles. The van der Waals surface area contributed by atoms with Crippen molar-refractivity contribution in [1.82, 2.24) is 4.90 Å². The molecule has 174 valence electrons. The standard InChI is InChI=1S/C26H35NO5/c1-26(2,3)32-25(28)27-15-13-21(14-16-27)20-9-11-22(12-10-20)30-17-6-18-31-24-8-5-7-23(19-24)29-4/h5,7-12,19,21H,6,13-18H2,1-4H3. The third-order valence-electron chi connectivity index (χ3n) is 5.37. The topological polar surface area (TPSA) is 57.2 Å². The van der Waals surface area contributed by atoms with E-state index in [9.17, 15) is 4.79 Å². The molecular weight excluding hydrogens is 406 g/mol. The lowest BCUT2D eigenvalue weighted by molar-refractivity contribution is 0.0205. The van der Waals surface area contributed by atoms with Crippen LogP contribution in [0.4, 0.5) is 4.79 Å². The fourth-order valence-electron chi connectivity index (χ4n) is 3.69. The molecule has 2 aromatic rings. The Kier molecular flexibility index (Phi) is 8.26. The maximum Gasteiger partial charge on any atom is 0.410 e. The van der Waals surface area contributed by atoms with E-state index in [-0.39, 0.29) is 6.09 Å². The smallest absolute Gasteiger partial charge is 0.410 e. The summed E-state index contributed by atoms with van der Waals surface area (Å²) in [7, 11) is 1.64. The molecule has 6 heteroatoms. The van der Waals surface area contributed by atoms with Crippen LogP contribution in [0.5, 0.6) is 17.2 Å². The molecule has 0 aliphatic carbocycles. The van der Waals surface area contributed by atoms with E-state index < -0.39 is 5.60 Å². The van der Waals surface area contributed by atoms with Gasteiger partial charge in [0, 0.05) is 25.6 Å². The van der Waals surface area contributed by atoms with E-state index in [0.29, 0.717) is 19.1 Å². The van der Waals surface area contributed by atoms with E-state index in [4.69, 9.17) is 18.9 Å². The number of piperidine rings is 1. The number of hydrogen-bond donors (Lipinski definition) is 0. The van der Waals surface area contributed by atoms with Crippen LogP contribution in [0, 0.1) is 0 Å². The highest BCUT2D eigenvalue weighted by Crippen LogP contribution is 2.30. The van der Waals surface area contributed by atoms with Crippen LogP contribution >= 0.6 is 0 Å². The molecule has 6 nitrogen and oxygen atoms in total. The highest BCUT2D eigenvalue weighted by molar-refractivity contribution is 5.68. The SMILES string of the molecule is COc1cccc(OCCCOc2ccc(C3CCN(C(=O)OC(C)(C)C)CC3)cc2)c1. The average Bonchev–Trinajstić information content (AvgIpc) is 2.78. The molecule has 1 saturated heterocycles. The van der Waals surface area contributed by atoms with E-state index in [1.54, 1.807) is 7.11 Å². The first-order valence-electron chi connectivity index (χ1n) is 11.3. The molecule has 1 aliphatic rings. The van der Waals surface area contributed by atoms with Gasteiger partial charge in [-0.05, 0) is 69.4 Å². The fraction of sp³-hybridized carbons (Fsp3) is 0.500. The molecule has 0 unspecified atom stereocenters. The first kappa shape index (κ1) is 23.8. The lowest BCUT2D eigenvalue weighted by Gasteiger charge is -2.33. The third-order valence-corrected chi connectivity index (χ3v) is 5.37. The maximum absolute atomic E-state index is 12.2. The lowest BCUT2D eigenvalue weighted by atomic mass is 9.89. The molecule has 2 aromatic carbocycles. The van der Waals surface area contributed by atoms with Gasteiger partial charge in [0.05, 0.1) is 20.3 Å². The van der Waals surface area contributed by atoms with Crippen molar-refractivity contribution in [2.24, 2.45) is 0 Å². The number of carbonyl (C=O) groups is 1. The summed E-state index contributed by atoms with van der Waals surface area (Å²) >= 11 is 0. The Hall–Kier alpha value is -2.89.